The van der Waals surface area contributed by atoms with E-state index in [1.165, 1.54) is 4.90 Å². The minimum Gasteiger partial charge on any atom is -0.445 e. The number of Topliss-reactive ketones (excluding diaryl/α,β-unsaturated/α-hetero) is 2. The van der Waals surface area contributed by atoms with Crippen molar-refractivity contribution in [2.24, 2.45) is 5.92 Å². The van der Waals surface area contributed by atoms with Gasteiger partial charge in [-0.1, -0.05) is 38.8 Å². The predicted molar refractivity (Wildman–Crippen MR) is 117 cm³/mol. The van der Waals surface area contributed by atoms with Gasteiger partial charge < -0.3 is 15.0 Å². The molecule has 0 aromatic heterocycles. The highest BCUT2D eigenvalue weighted by Gasteiger charge is 2.52. The van der Waals surface area contributed by atoms with Crippen molar-refractivity contribution in [3.05, 3.63) is 12.2 Å². The molecule has 3 aliphatic heterocycles. The highest BCUT2D eigenvalue weighted by molar-refractivity contribution is 5.95. The predicted octanol–water partition coefficient (Wildman–Crippen LogP) is 2.84. The topological polar surface area (TPSA) is 87.7 Å². The van der Waals surface area contributed by atoms with Crippen molar-refractivity contribution in [3.8, 4) is 0 Å². The second kappa shape index (κ2) is 10.5. The van der Waals surface area contributed by atoms with E-state index in [4.69, 9.17) is 4.74 Å². The van der Waals surface area contributed by atoms with E-state index in [1.54, 1.807) is 0 Å². The number of amides is 1. The summed E-state index contributed by atoms with van der Waals surface area (Å²) in [5.41, 5.74) is -1.53. The number of hydrogen-bond donors (Lipinski definition) is 2. The lowest BCUT2D eigenvalue weighted by atomic mass is 9.80. The number of carbonyl (C=O) groups excluding carboxylic acids is 3. The molecule has 0 aromatic carbocycles. The number of rotatable bonds is 4. The molecule has 0 aliphatic carbocycles. The third kappa shape index (κ3) is 6.14. The molecular weight excluding hydrogens is 382 g/mol. The maximum atomic E-state index is 13.2. The molecule has 1 fully saturated rings. The molecule has 1 atom stereocenters. The Morgan fingerprint density at radius 3 is 2.47 bits per heavy atom. The van der Waals surface area contributed by atoms with Crippen LogP contribution < -0.4 is 10.6 Å². The number of allylic oxidation sites excluding steroid dienone is 1. The Morgan fingerprint density at radius 2 is 1.83 bits per heavy atom. The van der Waals surface area contributed by atoms with Crippen LogP contribution in [0.25, 0.3) is 0 Å². The second-order valence-corrected chi connectivity index (χ2v) is 9.51. The quantitative estimate of drug-likeness (QED) is 0.679. The van der Waals surface area contributed by atoms with Gasteiger partial charge in [-0.3, -0.25) is 14.9 Å². The number of nitrogens with zero attached hydrogens (tertiary/aromatic N) is 1. The average Bonchev–Trinajstić information content (AvgIpc) is 2.63. The maximum Gasteiger partial charge on any atom is 0.410 e. The van der Waals surface area contributed by atoms with Gasteiger partial charge in [0, 0.05) is 12.0 Å². The van der Waals surface area contributed by atoms with E-state index in [0.29, 0.717) is 0 Å². The van der Waals surface area contributed by atoms with Gasteiger partial charge in [-0.2, -0.15) is 0 Å². The van der Waals surface area contributed by atoms with Gasteiger partial charge in [0.05, 0.1) is 25.2 Å². The highest BCUT2D eigenvalue weighted by Crippen LogP contribution is 2.27. The van der Waals surface area contributed by atoms with Crippen LogP contribution >= 0.6 is 0 Å². The minimum atomic E-state index is -0.884. The third-order valence-corrected chi connectivity index (χ3v) is 6.00. The van der Waals surface area contributed by atoms with E-state index >= 15 is 0 Å². The molecule has 0 unspecified atom stereocenters. The van der Waals surface area contributed by atoms with Crippen LogP contribution in [-0.4, -0.2) is 65.9 Å². The van der Waals surface area contributed by atoms with E-state index in [0.717, 1.165) is 32.1 Å². The number of fused-ring (bicyclic) bond motifs is 12. The van der Waals surface area contributed by atoms with Gasteiger partial charge in [0.1, 0.15) is 12.1 Å². The molecule has 7 heteroatoms. The molecule has 30 heavy (non-hydrogen) atoms. The molecule has 0 saturated carbocycles. The fraction of sp³-hybridized carbons (Fsp3) is 0.783. The summed E-state index contributed by atoms with van der Waals surface area (Å²) in [4.78, 5) is 39.9. The zero-order valence-corrected chi connectivity index (χ0v) is 19.3. The maximum absolute atomic E-state index is 13.2. The monoisotopic (exact) mass is 421 g/mol. The molecular formula is C23H39N3O4. The van der Waals surface area contributed by atoms with E-state index in [2.05, 4.69) is 10.6 Å². The Hall–Kier alpha value is -1.73. The fourth-order valence-electron chi connectivity index (χ4n) is 4.33. The fourth-order valence-corrected chi connectivity index (χ4v) is 4.33. The Kier molecular flexibility index (Phi) is 8.62. The van der Waals surface area contributed by atoms with E-state index < -0.39 is 17.2 Å². The molecule has 3 heterocycles. The first-order valence-electron chi connectivity index (χ1n) is 11.3. The van der Waals surface area contributed by atoms with E-state index in [9.17, 15) is 14.4 Å². The molecule has 3 aliphatic rings. The Morgan fingerprint density at radius 1 is 1.13 bits per heavy atom. The number of carbonyl (C=O) groups is 3. The molecule has 1 amide bonds. The number of ketones is 2. The van der Waals surface area contributed by atoms with Crippen molar-refractivity contribution in [2.45, 2.75) is 83.8 Å². The van der Waals surface area contributed by atoms with Crippen LogP contribution in [0, 0.1) is 5.92 Å². The van der Waals surface area contributed by atoms with Crippen LogP contribution in [0.1, 0.15) is 66.7 Å². The number of ether oxygens (including phenoxy) is 1. The van der Waals surface area contributed by atoms with Crippen molar-refractivity contribution in [1.29, 1.82) is 0 Å². The lowest BCUT2D eigenvalue weighted by Gasteiger charge is -2.49. The molecule has 2 N–H and O–H groups in total. The van der Waals surface area contributed by atoms with Gasteiger partial charge >= 0.3 is 6.09 Å². The van der Waals surface area contributed by atoms with Crippen LogP contribution in [0.2, 0.25) is 0 Å². The zero-order valence-electron chi connectivity index (χ0n) is 19.3. The smallest absolute Gasteiger partial charge is 0.410 e. The number of hydrogen-bond acceptors (Lipinski definition) is 6. The Bertz CT molecular complexity index is 653. The summed E-state index contributed by atoms with van der Waals surface area (Å²) in [7, 11) is 0. The molecule has 2 bridgehead atoms. The SMILES string of the molecule is CC(C)N[C@@]1(C)CCCCCC=CCOC(=O)N2CC(C(=O)C(C)C)(C2)NCC1=O. The van der Waals surface area contributed by atoms with Crippen molar-refractivity contribution >= 4 is 17.7 Å². The van der Waals surface area contributed by atoms with Gasteiger partial charge in [-0.05, 0) is 40.0 Å². The molecule has 1 saturated heterocycles. The highest BCUT2D eigenvalue weighted by atomic mass is 16.6. The summed E-state index contributed by atoms with van der Waals surface area (Å²) >= 11 is 0. The zero-order chi connectivity index (χ0) is 22.4. The summed E-state index contributed by atoms with van der Waals surface area (Å²) in [6.07, 6.45) is 8.19. The summed E-state index contributed by atoms with van der Waals surface area (Å²) < 4.78 is 5.28. The van der Waals surface area contributed by atoms with Gasteiger partial charge in [-0.15, -0.1) is 0 Å². The summed E-state index contributed by atoms with van der Waals surface area (Å²) in [5, 5.41) is 6.68. The van der Waals surface area contributed by atoms with Crippen LogP contribution in [0.15, 0.2) is 12.2 Å². The molecule has 170 valence electrons. The first-order chi connectivity index (χ1) is 14.1. The van der Waals surface area contributed by atoms with E-state index in [1.807, 2.05) is 46.8 Å². The normalized spacial score (nSPS) is 29.5. The van der Waals surface area contributed by atoms with Gasteiger partial charge in [-0.25, -0.2) is 4.79 Å². The summed E-state index contributed by atoms with van der Waals surface area (Å²) in [6, 6.07) is 0.177. The summed E-state index contributed by atoms with van der Waals surface area (Å²) in [6.45, 7) is 10.5. The van der Waals surface area contributed by atoms with Crippen LogP contribution in [0.3, 0.4) is 0 Å². The molecule has 0 spiro atoms. The minimum absolute atomic E-state index is 0.0238. The van der Waals surface area contributed by atoms with Crippen molar-refractivity contribution in [2.75, 3.05) is 26.2 Å². The largest absolute Gasteiger partial charge is 0.445 e. The van der Waals surface area contributed by atoms with Gasteiger partial charge in [0.25, 0.3) is 0 Å². The standard InChI is InChI=1S/C23H39N3O4/c1-17(2)20(28)23-15-26(16-23)21(29)30-13-11-9-7-6-8-10-12-22(5,25-18(3)4)19(27)14-24-23/h9,11,17-18,24-25H,6-8,10,12-16H2,1-5H3/t22-/m0/s1. The molecule has 0 radical (unpaired) electrons. The van der Waals surface area contributed by atoms with Crippen molar-refractivity contribution in [1.82, 2.24) is 15.5 Å². The molecule has 3 rings (SSSR count). The lowest BCUT2D eigenvalue weighted by molar-refractivity contribution is -0.136. The average molecular weight is 422 g/mol. The van der Waals surface area contributed by atoms with Crippen LogP contribution in [0.4, 0.5) is 4.79 Å². The Labute approximate surface area is 181 Å². The first-order valence-corrected chi connectivity index (χ1v) is 11.3. The first kappa shape index (κ1) is 24.5. The number of nitrogens with one attached hydrogen (secondary N) is 2. The lowest BCUT2D eigenvalue weighted by Crippen LogP contribution is -2.75. The molecule has 7 nitrogen and oxygen atoms in total. The van der Waals surface area contributed by atoms with Crippen molar-refractivity contribution < 1.29 is 19.1 Å². The second-order valence-electron chi connectivity index (χ2n) is 9.51. The van der Waals surface area contributed by atoms with Crippen LogP contribution in [-0.2, 0) is 14.3 Å². The molecule has 0 aromatic rings. The Balaban J connectivity index is 2.19. The van der Waals surface area contributed by atoms with Crippen molar-refractivity contribution in [3.63, 3.8) is 0 Å². The van der Waals surface area contributed by atoms with Gasteiger partial charge in [0.15, 0.2) is 11.6 Å². The summed E-state index contributed by atoms with van der Waals surface area (Å²) in [5.74, 6) is -0.115. The van der Waals surface area contributed by atoms with Crippen LogP contribution in [0.5, 0.6) is 0 Å². The third-order valence-electron chi connectivity index (χ3n) is 6.00. The van der Waals surface area contributed by atoms with Gasteiger partial charge in [0.2, 0.25) is 0 Å². The van der Waals surface area contributed by atoms with E-state index in [-0.39, 0.29) is 49.8 Å².